The SMILES string of the molecule is COc1ccc2c(Cn3cc(C(F)(F)F)ccc3=O)cc(=O)oc2c1. The van der Waals surface area contributed by atoms with E-state index in [-0.39, 0.29) is 12.1 Å². The molecule has 25 heavy (non-hydrogen) atoms. The highest BCUT2D eigenvalue weighted by molar-refractivity contribution is 5.81. The van der Waals surface area contributed by atoms with Gasteiger partial charge in [0.1, 0.15) is 11.3 Å². The predicted octanol–water partition coefficient (Wildman–Crippen LogP) is 3.03. The minimum Gasteiger partial charge on any atom is -0.497 e. The minimum atomic E-state index is -4.57. The molecule has 8 heteroatoms. The van der Waals surface area contributed by atoms with Crippen molar-refractivity contribution in [3.63, 3.8) is 0 Å². The van der Waals surface area contributed by atoms with Crippen LogP contribution < -0.4 is 15.9 Å². The van der Waals surface area contributed by atoms with E-state index in [0.29, 0.717) is 16.7 Å². The normalized spacial score (nSPS) is 11.7. The summed E-state index contributed by atoms with van der Waals surface area (Å²) in [6.07, 6.45) is -3.84. The highest BCUT2D eigenvalue weighted by Gasteiger charge is 2.31. The summed E-state index contributed by atoms with van der Waals surface area (Å²) in [5, 5.41) is 0.504. The maximum Gasteiger partial charge on any atom is 0.417 e. The first-order valence-corrected chi connectivity index (χ1v) is 7.16. The topological polar surface area (TPSA) is 61.4 Å². The summed E-state index contributed by atoms with van der Waals surface area (Å²) in [6, 6.07) is 7.46. The molecule has 0 N–H and O–H groups in total. The molecule has 0 atom stereocenters. The first-order valence-electron chi connectivity index (χ1n) is 7.16. The third kappa shape index (κ3) is 3.42. The molecule has 0 amide bonds. The summed E-state index contributed by atoms with van der Waals surface area (Å²) in [6.45, 7) is -0.197. The summed E-state index contributed by atoms with van der Waals surface area (Å²) in [5.41, 5.74) is -1.63. The number of aromatic nitrogens is 1. The minimum absolute atomic E-state index is 0.197. The van der Waals surface area contributed by atoms with Crippen LogP contribution in [-0.2, 0) is 12.7 Å². The zero-order valence-corrected chi connectivity index (χ0v) is 13.0. The van der Waals surface area contributed by atoms with Crippen LogP contribution in [0.15, 0.2) is 56.6 Å². The van der Waals surface area contributed by atoms with Crippen molar-refractivity contribution in [1.82, 2.24) is 4.57 Å². The maximum atomic E-state index is 12.8. The summed E-state index contributed by atoms with van der Waals surface area (Å²) in [4.78, 5) is 23.6. The molecule has 0 bridgehead atoms. The number of fused-ring (bicyclic) bond motifs is 1. The number of rotatable bonds is 3. The molecule has 0 aliphatic heterocycles. The number of benzene rings is 1. The van der Waals surface area contributed by atoms with Gasteiger partial charge in [0, 0.05) is 29.8 Å². The van der Waals surface area contributed by atoms with Gasteiger partial charge < -0.3 is 13.7 Å². The number of hydrogen-bond acceptors (Lipinski definition) is 4. The Labute approximate surface area is 138 Å². The largest absolute Gasteiger partial charge is 0.497 e. The van der Waals surface area contributed by atoms with Crippen LogP contribution in [0, 0.1) is 0 Å². The zero-order valence-electron chi connectivity index (χ0n) is 13.0. The Hall–Kier alpha value is -3.03. The molecule has 130 valence electrons. The molecule has 5 nitrogen and oxygen atoms in total. The second kappa shape index (κ2) is 6.12. The summed E-state index contributed by atoms with van der Waals surface area (Å²) < 4.78 is 49.6. The molecule has 3 aromatic rings. The lowest BCUT2D eigenvalue weighted by Crippen LogP contribution is -2.22. The van der Waals surface area contributed by atoms with E-state index in [1.807, 2.05) is 0 Å². The van der Waals surface area contributed by atoms with Crippen molar-refractivity contribution < 1.29 is 22.3 Å². The van der Waals surface area contributed by atoms with Gasteiger partial charge in [-0.1, -0.05) is 0 Å². The second-order valence-corrected chi connectivity index (χ2v) is 5.33. The third-order valence-electron chi connectivity index (χ3n) is 3.69. The van der Waals surface area contributed by atoms with Crippen molar-refractivity contribution in [2.45, 2.75) is 12.7 Å². The van der Waals surface area contributed by atoms with Crippen molar-refractivity contribution in [1.29, 1.82) is 0 Å². The summed E-state index contributed by atoms with van der Waals surface area (Å²) in [7, 11) is 1.45. The molecule has 2 heterocycles. The van der Waals surface area contributed by atoms with E-state index in [0.717, 1.165) is 29.0 Å². The molecule has 0 radical (unpaired) electrons. The molecule has 0 aliphatic carbocycles. The smallest absolute Gasteiger partial charge is 0.417 e. The van der Waals surface area contributed by atoms with E-state index in [4.69, 9.17) is 9.15 Å². The fraction of sp³-hybridized carbons (Fsp3) is 0.176. The number of halogens is 3. The lowest BCUT2D eigenvalue weighted by molar-refractivity contribution is -0.138. The fourth-order valence-corrected chi connectivity index (χ4v) is 2.47. The maximum absolute atomic E-state index is 12.8. The monoisotopic (exact) mass is 351 g/mol. The lowest BCUT2D eigenvalue weighted by Gasteiger charge is -2.12. The van der Waals surface area contributed by atoms with Gasteiger partial charge in [0.25, 0.3) is 5.56 Å². The van der Waals surface area contributed by atoms with Gasteiger partial charge in [-0.15, -0.1) is 0 Å². The van der Waals surface area contributed by atoms with Gasteiger partial charge in [-0.25, -0.2) is 4.79 Å². The number of nitrogens with zero attached hydrogens (tertiary/aromatic N) is 1. The van der Waals surface area contributed by atoms with Gasteiger partial charge in [-0.05, 0) is 23.8 Å². The van der Waals surface area contributed by atoms with Crippen molar-refractivity contribution in [3.8, 4) is 5.75 Å². The van der Waals surface area contributed by atoms with Gasteiger partial charge in [0.2, 0.25) is 0 Å². The summed E-state index contributed by atoms with van der Waals surface area (Å²) >= 11 is 0. The van der Waals surface area contributed by atoms with Gasteiger partial charge in [0.05, 0.1) is 19.2 Å². The Kier molecular flexibility index (Phi) is 4.12. The fourth-order valence-electron chi connectivity index (χ4n) is 2.47. The second-order valence-electron chi connectivity index (χ2n) is 5.33. The molecule has 1 aromatic carbocycles. The number of methoxy groups -OCH3 is 1. The van der Waals surface area contributed by atoms with E-state index in [1.165, 1.54) is 13.2 Å². The Morgan fingerprint density at radius 1 is 1.12 bits per heavy atom. The molecule has 0 saturated carbocycles. The molecule has 0 fully saturated rings. The first-order chi connectivity index (χ1) is 11.8. The van der Waals surface area contributed by atoms with Crippen molar-refractivity contribution in [2.75, 3.05) is 7.11 Å². The average molecular weight is 351 g/mol. The van der Waals surface area contributed by atoms with Gasteiger partial charge >= 0.3 is 11.8 Å². The van der Waals surface area contributed by atoms with Crippen LogP contribution in [0.25, 0.3) is 11.0 Å². The van der Waals surface area contributed by atoms with Gasteiger partial charge in [-0.2, -0.15) is 13.2 Å². The molecule has 2 aromatic heterocycles. The standard InChI is InChI=1S/C17H12F3NO4/c1-24-12-3-4-13-10(6-16(23)25-14(13)7-12)8-21-9-11(17(18,19)20)2-5-15(21)22/h2-7,9H,8H2,1H3. The molecule has 0 saturated heterocycles. The van der Waals surface area contributed by atoms with Crippen LogP contribution in [0.2, 0.25) is 0 Å². The third-order valence-corrected chi connectivity index (χ3v) is 3.69. The van der Waals surface area contributed by atoms with Crippen LogP contribution in [0.1, 0.15) is 11.1 Å². The predicted molar refractivity (Wildman–Crippen MR) is 83.8 cm³/mol. The Morgan fingerprint density at radius 2 is 1.88 bits per heavy atom. The van der Waals surface area contributed by atoms with Crippen LogP contribution in [-0.4, -0.2) is 11.7 Å². The Bertz CT molecular complexity index is 1050. The average Bonchev–Trinajstić information content (AvgIpc) is 2.55. The van der Waals surface area contributed by atoms with Crippen LogP contribution >= 0.6 is 0 Å². The van der Waals surface area contributed by atoms with Gasteiger partial charge in [0.15, 0.2) is 0 Å². The number of hydrogen-bond donors (Lipinski definition) is 0. The zero-order chi connectivity index (χ0) is 18.2. The van der Waals surface area contributed by atoms with Crippen molar-refractivity contribution in [3.05, 3.63) is 74.5 Å². The Balaban J connectivity index is 2.12. The van der Waals surface area contributed by atoms with Crippen LogP contribution in [0.3, 0.4) is 0 Å². The van der Waals surface area contributed by atoms with E-state index < -0.39 is 22.9 Å². The van der Waals surface area contributed by atoms with E-state index in [2.05, 4.69) is 0 Å². The number of pyridine rings is 1. The highest BCUT2D eigenvalue weighted by Crippen LogP contribution is 2.28. The van der Waals surface area contributed by atoms with E-state index >= 15 is 0 Å². The van der Waals surface area contributed by atoms with Crippen LogP contribution in [0.5, 0.6) is 5.75 Å². The molecule has 3 rings (SSSR count). The van der Waals surface area contributed by atoms with E-state index in [9.17, 15) is 22.8 Å². The molecule has 0 spiro atoms. The quantitative estimate of drug-likeness (QED) is 0.681. The Morgan fingerprint density at radius 3 is 2.56 bits per heavy atom. The molecule has 0 aliphatic rings. The van der Waals surface area contributed by atoms with Crippen LogP contribution in [0.4, 0.5) is 13.2 Å². The van der Waals surface area contributed by atoms with Gasteiger partial charge in [-0.3, -0.25) is 4.79 Å². The molecule has 0 unspecified atom stereocenters. The lowest BCUT2D eigenvalue weighted by atomic mass is 10.1. The number of alkyl halides is 3. The highest BCUT2D eigenvalue weighted by atomic mass is 19.4. The van der Waals surface area contributed by atoms with Crippen molar-refractivity contribution in [2.24, 2.45) is 0 Å². The molecular formula is C17H12F3NO4. The van der Waals surface area contributed by atoms with E-state index in [1.54, 1.807) is 12.1 Å². The molecular weight excluding hydrogens is 339 g/mol. The summed E-state index contributed by atoms with van der Waals surface area (Å²) in [5.74, 6) is 0.462. The first kappa shape index (κ1) is 16.8. The number of ether oxygens (including phenoxy) is 1. The van der Waals surface area contributed by atoms with Crippen molar-refractivity contribution >= 4 is 11.0 Å².